The lowest BCUT2D eigenvalue weighted by Gasteiger charge is -2.23. The first-order valence-electron chi connectivity index (χ1n) is 6.83. The average Bonchev–Trinajstić information content (AvgIpc) is 2.46. The molecule has 1 fully saturated rings. The minimum atomic E-state index is -0.181. The van der Waals surface area contributed by atoms with E-state index >= 15 is 0 Å². The number of anilines is 1. The lowest BCUT2D eigenvalue weighted by molar-refractivity contribution is -0.118. The molecule has 0 saturated heterocycles. The largest absolute Gasteiger partial charge is 0.465 e. The lowest BCUT2D eigenvalue weighted by Crippen LogP contribution is -2.31. The molecule has 102 valence electrons. The van der Waals surface area contributed by atoms with Crippen LogP contribution in [0.2, 0.25) is 0 Å². The van der Waals surface area contributed by atoms with Crippen LogP contribution in [-0.2, 0) is 11.3 Å². The molecule has 0 radical (unpaired) electrons. The van der Waals surface area contributed by atoms with Gasteiger partial charge in [0.2, 0.25) is 0 Å². The predicted octanol–water partition coefficient (Wildman–Crippen LogP) is 1.23. The average molecular weight is 262 g/mol. The highest BCUT2D eigenvalue weighted by Crippen LogP contribution is 2.22. The Hall–Kier alpha value is -1.69. The SMILES string of the molecule is O=C1COc2ncc(CNC3CCCCC3)nc2N1. The number of hydrogen-bond donors (Lipinski definition) is 2. The summed E-state index contributed by atoms with van der Waals surface area (Å²) in [5.74, 6) is 0.652. The molecule has 2 N–H and O–H groups in total. The summed E-state index contributed by atoms with van der Waals surface area (Å²) >= 11 is 0. The van der Waals surface area contributed by atoms with Crippen LogP contribution >= 0.6 is 0 Å². The van der Waals surface area contributed by atoms with Crippen molar-refractivity contribution in [2.75, 3.05) is 11.9 Å². The van der Waals surface area contributed by atoms with Crippen LogP contribution in [0.3, 0.4) is 0 Å². The number of carbonyl (C=O) groups excluding carboxylic acids is 1. The van der Waals surface area contributed by atoms with Crippen molar-refractivity contribution >= 4 is 11.7 Å². The fourth-order valence-electron chi connectivity index (χ4n) is 2.54. The standard InChI is InChI=1S/C13H18N4O2/c18-11-8-19-13-12(17-11)16-10(7-15-13)6-14-9-4-2-1-3-5-9/h7,9,14H,1-6,8H2,(H,16,17,18). The van der Waals surface area contributed by atoms with E-state index in [4.69, 9.17) is 4.74 Å². The maximum atomic E-state index is 11.2. The Morgan fingerprint density at radius 2 is 2.21 bits per heavy atom. The van der Waals surface area contributed by atoms with Gasteiger partial charge in [0, 0.05) is 12.6 Å². The van der Waals surface area contributed by atoms with E-state index in [0.717, 1.165) is 5.69 Å². The van der Waals surface area contributed by atoms with E-state index in [-0.39, 0.29) is 12.5 Å². The first-order chi connectivity index (χ1) is 9.31. The lowest BCUT2D eigenvalue weighted by atomic mass is 9.95. The highest BCUT2D eigenvalue weighted by atomic mass is 16.5. The molecule has 1 amide bonds. The van der Waals surface area contributed by atoms with Crippen LogP contribution in [0.5, 0.6) is 5.88 Å². The van der Waals surface area contributed by atoms with Crippen LogP contribution in [0.25, 0.3) is 0 Å². The Morgan fingerprint density at radius 1 is 1.37 bits per heavy atom. The van der Waals surface area contributed by atoms with Crippen molar-refractivity contribution in [3.63, 3.8) is 0 Å². The van der Waals surface area contributed by atoms with Crippen LogP contribution in [0.1, 0.15) is 37.8 Å². The number of hydrogen-bond acceptors (Lipinski definition) is 5. The molecule has 0 aromatic carbocycles. The normalized spacial score (nSPS) is 19.5. The molecule has 1 saturated carbocycles. The fourth-order valence-corrected chi connectivity index (χ4v) is 2.54. The van der Waals surface area contributed by atoms with Crippen molar-refractivity contribution in [2.45, 2.75) is 44.7 Å². The van der Waals surface area contributed by atoms with Crippen molar-refractivity contribution in [1.29, 1.82) is 0 Å². The molecule has 6 heteroatoms. The molecule has 6 nitrogen and oxygen atoms in total. The summed E-state index contributed by atoms with van der Waals surface area (Å²) in [4.78, 5) is 19.8. The Balaban J connectivity index is 1.61. The Morgan fingerprint density at radius 3 is 3.05 bits per heavy atom. The maximum Gasteiger partial charge on any atom is 0.263 e. The van der Waals surface area contributed by atoms with Gasteiger partial charge in [-0.05, 0) is 12.8 Å². The molecule has 1 aliphatic carbocycles. The summed E-state index contributed by atoms with van der Waals surface area (Å²) in [5.41, 5.74) is 0.829. The molecule has 1 aliphatic heterocycles. The Bertz CT molecular complexity index is 472. The summed E-state index contributed by atoms with van der Waals surface area (Å²) in [6.07, 6.45) is 8.12. The molecule has 1 aromatic heterocycles. The monoisotopic (exact) mass is 262 g/mol. The van der Waals surface area contributed by atoms with Crippen molar-refractivity contribution in [3.8, 4) is 5.88 Å². The van der Waals surface area contributed by atoms with Gasteiger partial charge in [0.05, 0.1) is 11.9 Å². The molecular weight excluding hydrogens is 244 g/mol. The highest BCUT2D eigenvalue weighted by Gasteiger charge is 2.19. The second kappa shape index (κ2) is 5.52. The topological polar surface area (TPSA) is 76.1 Å². The van der Waals surface area contributed by atoms with Crippen LogP contribution < -0.4 is 15.4 Å². The van der Waals surface area contributed by atoms with Gasteiger partial charge in [0.1, 0.15) is 0 Å². The van der Waals surface area contributed by atoms with Gasteiger partial charge in [-0.25, -0.2) is 9.97 Å². The highest BCUT2D eigenvalue weighted by molar-refractivity contribution is 5.93. The van der Waals surface area contributed by atoms with E-state index in [1.54, 1.807) is 6.20 Å². The summed E-state index contributed by atoms with van der Waals surface area (Å²) in [5, 5.41) is 6.17. The van der Waals surface area contributed by atoms with Gasteiger partial charge in [-0.1, -0.05) is 19.3 Å². The van der Waals surface area contributed by atoms with E-state index in [1.165, 1.54) is 32.1 Å². The first-order valence-corrected chi connectivity index (χ1v) is 6.83. The Labute approximate surface area is 112 Å². The number of rotatable bonds is 3. The van der Waals surface area contributed by atoms with Crippen LogP contribution in [0.4, 0.5) is 5.82 Å². The number of ether oxygens (including phenoxy) is 1. The van der Waals surface area contributed by atoms with Crippen molar-refractivity contribution in [3.05, 3.63) is 11.9 Å². The van der Waals surface area contributed by atoms with E-state index in [9.17, 15) is 4.79 Å². The molecule has 1 aromatic rings. The van der Waals surface area contributed by atoms with Crippen molar-refractivity contribution in [2.24, 2.45) is 0 Å². The second-order valence-electron chi connectivity index (χ2n) is 5.07. The second-order valence-corrected chi connectivity index (χ2v) is 5.07. The number of aromatic nitrogens is 2. The molecule has 19 heavy (non-hydrogen) atoms. The smallest absolute Gasteiger partial charge is 0.263 e. The number of nitrogens with zero attached hydrogens (tertiary/aromatic N) is 2. The van der Waals surface area contributed by atoms with Gasteiger partial charge in [-0.3, -0.25) is 4.79 Å². The molecule has 2 aliphatic rings. The summed E-state index contributed by atoms with van der Waals surface area (Å²) in [6.45, 7) is 0.697. The summed E-state index contributed by atoms with van der Waals surface area (Å²) < 4.78 is 5.18. The van der Waals surface area contributed by atoms with Crippen molar-refractivity contribution < 1.29 is 9.53 Å². The first kappa shape index (κ1) is 12.3. The van der Waals surface area contributed by atoms with E-state index in [0.29, 0.717) is 24.3 Å². The van der Waals surface area contributed by atoms with Crippen LogP contribution in [0, 0.1) is 0 Å². The third kappa shape index (κ3) is 3.01. The molecule has 0 spiro atoms. The number of nitrogens with one attached hydrogen (secondary N) is 2. The molecule has 0 bridgehead atoms. The maximum absolute atomic E-state index is 11.2. The minimum Gasteiger partial charge on any atom is -0.465 e. The third-order valence-corrected chi connectivity index (χ3v) is 3.56. The summed E-state index contributed by atoms with van der Waals surface area (Å²) in [6, 6.07) is 0.581. The van der Waals surface area contributed by atoms with Gasteiger partial charge >= 0.3 is 0 Å². The molecule has 2 heterocycles. The quantitative estimate of drug-likeness (QED) is 0.857. The minimum absolute atomic E-state index is 0.0152. The number of carbonyl (C=O) groups is 1. The van der Waals surface area contributed by atoms with Crippen LogP contribution in [-0.4, -0.2) is 28.5 Å². The third-order valence-electron chi connectivity index (χ3n) is 3.56. The molecule has 0 atom stereocenters. The van der Waals surface area contributed by atoms with Crippen LogP contribution in [0.15, 0.2) is 6.20 Å². The van der Waals surface area contributed by atoms with Crippen molar-refractivity contribution in [1.82, 2.24) is 15.3 Å². The number of fused-ring (bicyclic) bond motifs is 1. The van der Waals surface area contributed by atoms with Gasteiger partial charge in [0.15, 0.2) is 12.4 Å². The van der Waals surface area contributed by atoms with Gasteiger partial charge in [0.25, 0.3) is 11.8 Å². The molecule has 0 unspecified atom stereocenters. The number of amides is 1. The fraction of sp³-hybridized carbons (Fsp3) is 0.615. The predicted molar refractivity (Wildman–Crippen MR) is 69.9 cm³/mol. The van der Waals surface area contributed by atoms with E-state index in [2.05, 4.69) is 20.6 Å². The molecule has 3 rings (SSSR count). The van der Waals surface area contributed by atoms with E-state index < -0.39 is 0 Å². The van der Waals surface area contributed by atoms with E-state index in [1.807, 2.05) is 0 Å². The zero-order chi connectivity index (χ0) is 13.1. The van der Waals surface area contributed by atoms with Gasteiger partial charge in [-0.2, -0.15) is 0 Å². The van der Waals surface area contributed by atoms with Gasteiger partial charge < -0.3 is 15.4 Å². The Kier molecular flexibility index (Phi) is 3.59. The summed E-state index contributed by atoms with van der Waals surface area (Å²) in [7, 11) is 0. The van der Waals surface area contributed by atoms with Gasteiger partial charge in [-0.15, -0.1) is 0 Å². The zero-order valence-electron chi connectivity index (χ0n) is 10.8. The molecular formula is C13H18N4O2. The zero-order valence-corrected chi connectivity index (χ0v) is 10.8.